The number of hydrogen-bond donors (Lipinski definition) is 1. The van der Waals surface area contributed by atoms with Crippen LogP contribution in [0.15, 0.2) is 22.7 Å². The Kier molecular flexibility index (Phi) is 5.16. The Morgan fingerprint density at radius 1 is 1.50 bits per heavy atom. The highest BCUT2D eigenvalue weighted by Crippen LogP contribution is 2.22. The van der Waals surface area contributed by atoms with Crippen molar-refractivity contribution < 1.29 is 14.7 Å². The van der Waals surface area contributed by atoms with Gasteiger partial charge in [-0.3, -0.25) is 9.59 Å². The molecular weight excluding hydrogens is 321 g/mol. The fraction of sp³-hybridized carbons (Fsp3) is 0.333. The number of benzene rings is 1. The van der Waals surface area contributed by atoms with E-state index < -0.39 is 11.9 Å². The lowest BCUT2D eigenvalue weighted by molar-refractivity contribution is -0.141. The van der Waals surface area contributed by atoms with Crippen LogP contribution in [0.4, 0.5) is 0 Å². The summed E-state index contributed by atoms with van der Waals surface area (Å²) in [6, 6.07) is 4.95. The van der Waals surface area contributed by atoms with Gasteiger partial charge in [0.05, 0.1) is 16.5 Å². The molecule has 18 heavy (non-hydrogen) atoms. The fourth-order valence-corrected chi connectivity index (χ4v) is 2.19. The van der Waals surface area contributed by atoms with Crippen LogP contribution in [0, 0.1) is 5.92 Å². The van der Waals surface area contributed by atoms with Crippen molar-refractivity contribution in [3.63, 3.8) is 0 Å². The summed E-state index contributed by atoms with van der Waals surface area (Å²) in [5.41, 5.74) is 0.361. The SMILES string of the molecule is CC(CN(C)C(=O)c1ccc(Br)cc1Cl)C(=O)O. The summed E-state index contributed by atoms with van der Waals surface area (Å²) in [6.07, 6.45) is 0. The zero-order valence-electron chi connectivity index (χ0n) is 9.98. The average Bonchev–Trinajstić information content (AvgIpc) is 2.27. The molecule has 4 nitrogen and oxygen atoms in total. The van der Waals surface area contributed by atoms with Crippen LogP contribution in [0.1, 0.15) is 17.3 Å². The minimum absolute atomic E-state index is 0.139. The van der Waals surface area contributed by atoms with Crippen LogP contribution in [0.2, 0.25) is 5.02 Å². The first-order valence-electron chi connectivity index (χ1n) is 5.26. The van der Waals surface area contributed by atoms with Gasteiger partial charge < -0.3 is 10.0 Å². The van der Waals surface area contributed by atoms with Crippen LogP contribution in [0.25, 0.3) is 0 Å². The van der Waals surface area contributed by atoms with E-state index in [1.165, 1.54) is 4.90 Å². The van der Waals surface area contributed by atoms with Crippen molar-refractivity contribution in [3.05, 3.63) is 33.3 Å². The standard InChI is InChI=1S/C12H13BrClNO3/c1-7(12(17)18)6-15(2)11(16)9-4-3-8(13)5-10(9)14/h3-5,7H,6H2,1-2H3,(H,17,18). The Bertz CT molecular complexity index is 478. The smallest absolute Gasteiger partial charge is 0.308 e. The van der Waals surface area contributed by atoms with Gasteiger partial charge in [-0.15, -0.1) is 0 Å². The molecule has 0 bridgehead atoms. The van der Waals surface area contributed by atoms with E-state index in [1.54, 1.807) is 32.2 Å². The van der Waals surface area contributed by atoms with Crippen LogP contribution < -0.4 is 0 Å². The Morgan fingerprint density at radius 2 is 2.11 bits per heavy atom. The lowest BCUT2D eigenvalue weighted by atomic mass is 10.1. The number of carbonyl (C=O) groups excluding carboxylic acids is 1. The van der Waals surface area contributed by atoms with E-state index in [2.05, 4.69) is 15.9 Å². The van der Waals surface area contributed by atoms with Gasteiger partial charge in [0, 0.05) is 18.1 Å². The minimum atomic E-state index is -0.934. The molecular formula is C12H13BrClNO3. The van der Waals surface area contributed by atoms with Crippen LogP contribution in [-0.2, 0) is 4.79 Å². The second-order valence-corrected chi connectivity index (χ2v) is 5.37. The number of rotatable bonds is 4. The number of aliphatic carboxylic acids is 1. The van der Waals surface area contributed by atoms with E-state index in [1.807, 2.05) is 0 Å². The molecule has 0 aliphatic heterocycles. The zero-order chi connectivity index (χ0) is 13.9. The summed E-state index contributed by atoms with van der Waals surface area (Å²) in [6.45, 7) is 1.69. The van der Waals surface area contributed by atoms with E-state index in [-0.39, 0.29) is 12.5 Å². The highest BCUT2D eigenvalue weighted by Gasteiger charge is 2.20. The van der Waals surface area contributed by atoms with Gasteiger partial charge in [-0.25, -0.2) is 0 Å². The number of carbonyl (C=O) groups is 2. The quantitative estimate of drug-likeness (QED) is 0.921. The Balaban J connectivity index is 2.83. The normalized spacial score (nSPS) is 12.0. The van der Waals surface area contributed by atoms with Gasteiger partial charge in [0.1, 0.15) is 0 Å². The molecule has 98 valence electrons. The largest absolute Gasteiger partial charge is 0.481 e. The summed E-state index contributed by atoms with van der Waals surface area (Å²) in [5.74, 6) is -1.84. The van der Waals surface area contributed by atoms with Gasteiger partial charge in [0.2, 0.25) is 0 Å². The monoisotopic (exact) mass is 333 g/mol. The fourth-order valence-electron chi connectivity index (χ4n) is 1.44. The van der Waals surface area contributed by atoms with Gasteiger partial charge in [-0.1, -0.05) is 34.5 Å². The number of nitrogens with zero attached hydrogens (tertiary/aromatic N) is 1. The van der Waals surface area contributed by atoms with Crippen molar-refractivity contribution in [2.45, 2.75) is 6.92 Å². The third-order valence-electron chi connectivity index (χ3n) is 2.48. The number of halogens is 2. The molecule has 0 aliphatic rings. The molecule has 0 aromatic heterocycles. The zero-order valence-corrected chi connectivity index (χ0v) is 12.3. The van der Waals surface area contributed by atoms with Crippen LogP contribution in [0.5, 0.6) is 0 Å². The van der Waals surface area contributed by atoms with Crippen molar-refractivity contribution in [2.24, 2.45) is 5.92 Å². The summed E-state index contributed by atoms with van der Waals surface area (Å²) >= 11 is 9.23. The van der Waals surface area contributed by atoms with Crippen LogP contribution in [-0.4, -0.2) is 35.5 Å². The molecule has 1 aromatic rings. The predicted molar refractivity (Wildman–Crippen MR) is 72.9 cm³/mol. The van der Waals surface area contributed by atoms with Gasteiger partial charge >= 0.3 is 5.97 Å². The van der Waals surface area contributed by atoms with Crippen LogP contribution >= 0.6 is 27.5 Å². The van der Waals surface area contributed by atoms with E-state index in [0.717, 1.165) is 4.47 Å². The van der Waals surface area contributed by atoms with Crippen molar-refractivity contribution in [3.8, 4) is 0 Å². The first kappa shape index (κ1) is 15.0. The molecule has 1 aromatic carbocycles. The third kappa shape index (κ3) is 3.71. The summed E-state index contributed by atoms with van der Waals surface area (Å²) in [4.78, 5) is 24.2. The molecule has 0 aliphatic carbocycles. The predicted octanol–water partition coefficient (Wildman–Crippen LogP) is 2.90. The number of carboxylic acids is 1. The second kappa shape index (κ2) is 6.20. The lowest BCUT2D eigenvalue weighted by Gasteiger charge is -2.20. The van der Waals surface area contributed by atoms with Crippen LogP contribution in [0.3, 0.4) is 0 Å². The molecule has 1 N–H and O–H groups in total. The Morgan fingerprint density at radius 3 is 2.61 bits per heavy atom. The average molecular weight is 335 g/mol. The number of hydrogen-bond acceptors (Lipinski definition) is 2. The first-order valence-corrected chi connectivity index (χ1v) is 6.43. The molecule has 0 saturated carbocycles. The molecule has 1 atom stereocenters. The lowest BCUT2D eigenvalue weighted by Crippen LogP contribution is -2.33. The molecule has 1 amide bonds. The summed E-state index contributed by atoms with van der Waals surface area (Å²) < 4.78 is 0.783. The summed E-state index contributed by atoms with van der Waals surface area (Å²) in [5, 5.41) is 9.14. The van der Waals surface area contributed by atoms with E-state index >= 15 is 0 Å². The molecule has 6 heteroatoms. The van der Waals surface area contributed by atoms with Crippen molar-refractivity contribution in [1.29, 1.82) is 0 Å². The molecule has 0 radical (unpaired) electrons. The highest BCUT2D eigenvalue weighted by molar-refractivity contribution is 9.10. The van der Waals surface area contributed by atoms with Gasteiger partial charge in [0.25, 0.3) is 5.91 Å². The van der Waals surface area contributed by atoms with Gasteiger partial charge in [0.15, 0.2) is 0 Å². The van der Waals surface area contributed by atoms with E-state index in [4.69, 9.17) is 16.7 Å². The number of carboxylic acid groups (broad SMARTS) is 1. The molecule has 0 fully saturated rings. The molecule has 0 spiro atoms. The van der Waals surface area contributed by atoms with Gasteiger partial charge in [-0.05, 0) is 18.2 Å². The van der Waals surface area contributed by atoms with E-state index in [0.29, 0.717) is 10.6 Å². The summed E-state index contributed by atoms with van der Waals surface area (Å²) in [7, 11) is 1.56. The molecule has 0 heterocycles. The number of amides is 1. The minimum Gasteiger partial charge on any atom is -0.481 e. The molecule has 1 rings (SSSR count). The van der Waals surface area contributed by atoms with Crippen molar-refractivity contribution in [2.75, 3.05) is 13.6 Å². The molecule has 1 unspecified atom stereocenters. The maximum absolute atomic E-state index is 12.1. The first-order chi connectivity index (χ1) is 8.32. The van der Waals surface area contributed by atoms with Crippen molar-refractivity contribution in [1.82, 2.24) is 4.90 Å². The highest BCUT2D eigenvalue weighted by atomic mass is 79.9. The van der Waals surface area contributed by atoms with Crippen molar-refractivity contribution >= 4 is 39.4 Å². The third-order valence-corrected chi connectivity index (χ3v) is 3.28. The topological polar surface area (TPSA) is 57.6 Å². The maximum Gasteiger partial charge on any atom is 0.308 e. The Hall–Kier alpha value is -1.07. The van der Waals surface area contributed by atoms with E-state index in [9.17, 15) is 9.59 Å². The molecule has 0 saturated heterocycles. The maximum atomic E-state index is 12.1. The Labute approximate surface area is 119 Å². The second-order valence-electron chi connectivity index (χ2n) is 4.05. The van der Waals surface area contributed by atoms with Gasteiger partial charge in [-0.2, -0.15) is 0 Å².